The third kappa shape index (κ3) is 1.87. The first-order valence-corrected chi connectivity index (χ1v) is 7.52. The Morgan fingerprint density at radius 2 is 1.72 bits per heavy atom. The van der Waals surface area contributed by atoms with Crippen molar-refractivity contribution in [2.75, 3.05) is 10.0 Å². The number of sulfonamides is 1. The third-order valence-electron chi connectivity index (χ3n) is 2.67. The molecule has 6 heteroatoms. The molecular weight excluding hydrogens is 316 g/mol. The van der Waals surface area contributed by atoms with Gasteiger partial charge in [-0.05, 0) is 30.3 Å². The Morgan fingerprint density at radius 1 is 0.944 bits per heavy atom. The molecule has 0 atom stereocenters. The van der Waals surface area contributed by atoms with Crippen molar-refractivity contribution >= 4 is 43.0 Å². The molecule has 0 amide bonds. The maximum atomic E-state index is 12.2. The monoisotopic (exact) mass is 324 g/mol. The van der Waals surface area contributed by atoms with Crippen LogP contribution in [0.2, 0.25) is 0 Å². The average molecular weight is 325 g/mol. The number of benzene rings is 2. The minimum Gasteiger partial charge on any atom is -0.353 e. The van der Waals surface area contributed by atoms with E-state index in [2.05, 4.69) is 26.0 Å². The van der Waals surface area contributed by atoms with E-state index in [1.54, 1.807) is 36.4 Å². The van der Waals surface area contributed by atoms with Crippen LogP contribution in [-0.4, -0.2) is 8.42 Å². The van der Waals surface area contributed by atoms with Crippen LogP contribution in [0.5, 0.6) is 0 Å². The summed E-state index contributed by atoms with van der Waals surface area (Å²) in [6, 6.07) is 12.2. The fraction of sp³-hybridized carbons (Fsp3) is 0. The number of fused-ring (bicyclic) bond motifs is 2. The smallest absolute Gasteiger partial charge is 0.264 e. The van der Waals surface area contributed by atoms with Crippen LogP contribution in [0, 0.1) is 0 Å². The first kappa shape index (κ1) is 11.6. The molecule has 0 bridgehead atoms. The van der Waals surface area contributed by atoms with Crippen LogP contribution >= 0.6 is 15.9 Å². The zero-order chi connectivity index (χ0) is 12.8. The van der Waals surface area contributed by atoms with Gasteiger partial charge in [-0.25, -0.2) is 8.42 Å². The van der Waals surface area contributed by atoms with Crippen LogP contribution in [0.3, 0.4) is 0 Å². The third-order valence-corrected chi connectivity index (χ3v) is 4.59. The van der Waals surface area contributed by atoms with Gasteiger partial charge in [0.15, 0.2) is 0 Å². The summed E-state index contributed by atoms with van der Waals surface area (Å²) >= 11 is 3.37. The molecule has 0 saturated carbocycles. The molecule has 0 saturated heterocycles. The summed E-state index contributed by atoms with van der Waals surface area (Å²) in [5.74, 6) is 0. The van der Waals surface area contributed by atoms with Crippen LogP contribution in [0.1, 0.15) is 0 Å². The van der Waals surface area contributed by atoms with Gasteiger partial charge in [-0.1, -0.05) is 28.1 Å². The largest absolute Gasteiger partial charge is 0.353 e. The SMILES string of the molecule is O=S1(=O)Nc2ccc(Br)cc2Nc2ccccc21. The summed E-state index contributed by atoms with van der Waals surface area (Å²) in [4.78, 5) is 0.248. The molecule has 2 aromatic carbocycles. The van der Waals surface area contributed by atoms with Crippen molar-refractivity contribution in [1.29, 1.82) is 0 Å². The maximum Gasteiger partial charge on any atom is 0.264 e. The van der Waals surface area contributed by atoms with Gasteiger partial charge in [-0.3, -0.25) is 4.72 Å². The van der Waals surface area contributed by atoms with E-state index in [0.29, 0.717) is 11.4 Å². The van der Waals surface area contributed by atoms with Gasteiger partial charge in [0, 0.05) is 4.47 Å². The summed E-state index contributed by atoms with van der Waals surface area (Å²) in [5.41, 5.74) is 1.83. The summed E-state index contributed by atoms with van der Waals surface area (Å²) in [7, 11) is -3.53. The molecule has 0 spiro atoms. The van der Waals surface area contributed by atoms with E-state index >= 15 is 0 Å². The molecule has 1 aliphatic rings. The molecule has 92 valence electrons. The predicted octanol–water partition coefficient (Wildman–Crippen LogP) is 3.31. The summed E-state index contributed by atoms with van der Waals surface area (Å²) in [5, 5.41) is 3.13. The Labute approximate surface area is 113 Å². The Hall–Kier alpha value is -1.53. The van der Waals surface area contributed by atoms with Crippen molar-refractivity contribution in [2.24, 2.45) is 0 Å². The molecule has 0 aromatic heterocycles. The highest BCUT2D eigenvalue weighted by molar-refractivity contribution is 9.10. The second-order valence-electron chi connectivity index (χ2n) is 3.92. The average Bonchev–Trinajstić information content (AvgIpc) is 2.43. The van der Waals surface area contributed by atoms with Crippen LogP contribution in [0.4, 0.5) is 17.1 Å². The van der Waals surface area contributed by atoms with E-state index < -0.39 is 10.0 Å². The normalized spacial score (nSPS) is 15.6. The Bertz CT molecular complexity index is 729. The van der Waals surface area contributed by atoms with E-state index in [1.165, 1.54) is 0 Å². The fourth-order valence-corrected chi connectivity index (χ4v) is 3.46. The zero-order valence-corrected chi connectivity index (χ0v) is 11.5. The topological polar surface area (TPSA) is 58.2 Å². The predicted molar refractivity (Wildman–Crippen MR) is 74.7 cm³/mol. The molecule has 0 unspecified atom stereocenters. The van der Waals surface area contributed by atoms with Gasteiger partial charge in [0.25, 0.3) is 10.0 Å². The second kappa shape index (κ2) is 4.00. The molecule has 3 rings (SSSR count). The summed E-state index contributed by atoms with van der Waals surface area (Å²) in [6.45, 7) is 0. The fourth-order valence-electron chi connectivity index (χ4n) is 1.86. The standard InChI is InChI=1S/C12H9BrN2O2S/c13-8-5-6-9-11(7-8)14-10-3-1-2-4-12(10)18(16,17)15-9/h1-7,14-15H. The lowest BCUT2D eigenvalue weighted by atomic mass is 10.2. The van der Waals surface area contributed by atoms with E-state index in [9.17, 15) is 8.42 Å². The van der Waals surface area contributed by atoms with Gasteiger partial charge < -0.3 is 5.32 Å². The molecule has 18 heavy (non-hydrogen) atoms. The molecule has 0 fully saturated rings. The minimum atomic E-state index is -3.53. The minimum absolute atomic E-state index is 0.248. The van der Waals surface area contributed by atoms with Crippen LogP contribution in [0.25, 0.3) is 0 Å². The number of anilines is 3. The van der Waals surface area contributed by atoms with Gasteiger partial charge in [0.2, 0.25) is 0 Å². The molecule has 1 heterocycles. The van der Waals surface area contributed by atoms with Gasteiger partial charge in [0.1, 0.15) is 4.90 Å². The van der Waals surface area contributed by atoms with E-state index in [-0.39, 0.29) is 4.90 Å². The molecule has 4 nitrogen and oxygen atoms in total. The molecular formula is C12H9BrN2O2S. The van der Waals surface area contributed by atoms with Gasteiger partial charge in [-0.2, -0.15) is 0 Å². The quantitative estimate of drug-likeness (QED) is 0.781. The molecule has 1 aliphatic heterocycles. The van der Waals surface area contributed by atoms with Gasteiger partial charge in [-0.15, -0.1) is 0 Å². The number of rotatable bonds is 0. The van der Waals surface area contributed by atoms with Crippen LogP contribution in [0.15, 0.2) is 51.8 Å². The van der Waals surface area contributed by atoms with E-state index in [0.717, 1.165) is 10.2 Å². The summed E-state index contributed by atoms with van der Waals surface area (Å²) in [6.07, 6.45) is 0. The second-order valence-corrected chi connectivity index (χ2v) is 6.48. The maximum absolute atomic E-state index is 12.2. The summed E-state index contributed by atoms with van der Waals surface area (Å²) < 4.78 is 27.8. The van der Waals surface area contributed by atoms with Crippen molar-refractivity contribution in [3.8, 4) is 0 Å². The van der Waals surface area contributed by atoms with E-state index in [4.69, 9.17) is 0 Å². The first-order chi connectivity index (χ1) is 8.56. The van der Waals surface area contributed by atoms with Crippen molar-refractivity contribution in [2.45, 2.75) is 4.90 Å². The van der Waals surface area contributed by atoms with Crippen LogP contribution < -0.4 is 10.0 Å². The highest BCUT2D eigenvalue weighted by Crippen LogP contribution is 2.36. The van der Waals surface area contributed by atoms with E-state index in [1.807, 2.05) is 6.07 Å². The lowest BCUT2D eigenvalue weighted by molar-refractivity contribution is 0.602. The van der Waals surface area contributed by atoms with Crippen molar-refractivity contribution < 1.29 is 8.42 Å². The number of nitrogens with one attached hydrogen (secondary N) is 2. The van der Waals surface area contributed by atoms with Crippen molar-refractivity contribution in [3.05, 3.63) is 46.9 Å². The van der Waals surface area contributed by atoms with Gasteiger partial charge >= 0.3 is 0 Å². The Kier molecular flexibility index (Phi) is 2.57. The Balaban J connectivity index is 2.27. The molecule has 2 N–H and O–H groups in total. The lowest BCUT2D eigenvalue weighted by Gasteiger charge is -2.08. The Morgan fingerprint density at radius 3 is 2.56 bits per heavy atom. The zero-order valence-electron chi connectivity index (χ0n) is 9.14. The van der Waals surface area contributed by atoms with Crippen LogP contribution in [-0.2, 0) is 10.0 Å². The van der Waals surface area contributed by atoms with Gasteiger partial charge in [0.05, 0.1) is 17.1 Å². The van der Waals surface area contributed by atoms with Crippen molar-refractivity contribution in [1.82, 2.24) is 0 Å². The number of halogens is 1. The molecule has 0 aliphatic carbocycles. The molecule has 0 radical (unpaired) electrons. The van der Waals surface area contributed by atoms with Crippen molar-refractivity contribution in [3.63, 3.8) is 0 Å². The number of hydrogen-bond donors (Lipinski definition) is 2. The number of hydrogen-bond acceptors (Lipinski definition) is 3. The lowest BCUT2D eigenvalue weighted by Crippen LogP contribution is -2.11. The first-order valence-electron chi connectivity index (χ1n) is 5.25. The highest BCUT2D eigenvalue weighted by atomic mass is 79.9. The highest BCUT2D eigenvalue weighted by Gasteiger charge is 2.23. The molecule has 2 aromatic rings. The number of para-hydroxylation sites is 1.